The van der Waals surface area contributed by atoms with E-state index in [1.54, 1.807) is 7.11 Å². The molecule has 0 bridgehead atoms. The molecule has 0 fully saturated rings. The monoisotopic (exact) mass is 273 g/mol. The summed E-state index contributed by atoms with van der Waals surface area (Å²) in [5.74, 6) is 1.17. The Hall–Kier alpha value is -2.50. The zero-order valence-electron chi connectivity index (χ0n) is 11.9. The Labute approximate surface area is 118 Å². The van der Waals surface area contributed by atoms with E-state index in [0.717, 1.165) is 28.4 Å². The van der Waals surface area contributed by atoms with E-state index < -0.39 is 0 Å². The van der Waals surface area contributed by atoms with Crippen molar-refractivity contribution in [3.63, 3.8) is 0 Å². The molecule has 1 aromatic heterocycles. The van der Waals surface area contributed by atoms with Crippen LogP contribution in [0.15, 0.2) is 29.3 Å². The van der Waals surface area contributed by atoms with Gasteiger partial charge in [-0.25, -0.2) is 4.99 Å². The minimum absolute atomic E-state index is 0.371. The third-order valence-electron chi connectivity index (χ3n) is 3.05. The molecule has 0 unspecified atom stereocenters. The molecule has 20 heavy (non-hydrogen) atoms. The van der Waals surface area contributed by atoms with Gasteiger partial charge in [0.05, 0.1) is 19.3 Å². The number of aliphatic imine (C=N–C) groups is 1. The summed E-state index contributed by atoms with van der Waals surface area (Å²) in [6, 6.07) is 7.49. The second kappa shape index (κ2) is 6.10. The number of nitrogens with two attached hydrogens (primary N) is 1. The van der Waals surface area contributed by atoms with Crippen LogP contribution in [0.4, 0.5) is 5.69 Å². The number of hydrogen-bond donors (Lipinski definition) is 3. The van der Waals surface area contributed by atoms with Crippen LogP contribution in [0.3, 0.4) is 0 Å². The fourth-order valence-corrected chi connectivity index (χ4v) is 1.83. The summed E-state index contributed by atoms with van der Waals surface area (Å²) in [6.07, 6.45) is 0. The second-order valence-corrected chi connectivity index (χ2v) is 4.47. The average Bonchev–Trinajstić information content (AvgIpc) is 2.77. The van der Waals surface area contributed by atoms with Crippen LogP contribution in [0.25, 0.3) is 0 Å². The molecule has 106 valence electrons. The number of H-pyrrole nitrogens is 1. The van der Waals surface area contributed by atoms with Crippen molar-refractivity contribution in [2.24, 2.45) is 10.7 Å². The maximum Gasteiger partial charge on any atom is 0.193 e. The quantitative estimate of drug-likeness (QED) is 0.587. The number of methoxy groups -OCH3 is 1. The fraction of sp³-hybridized carbons (Fsp3) is 0.286. The number of guanidine groups is 1. The van der Waals surface area contributed by atoms with Crippen molar-refractivity contribution in [1.29, 1.82) is 0 Å². The molecule has 0 aliphatic rings. The zero-order chi connectivity index (χ0) is 14.5. The molecule has 1 heterocycles. The normalized spacial score (nSPS) is 11.4. The van der Waals surface area contributed by atoms with Crippen molar-refractivity contribution >= 4 is 11.6 Å². The summed E-state index contributed by atoms with van der Waals surface area (Å²) >= 11 is 0. The van der Waals surface area contributed by atoms with Gasteiger partial charge in [0.2, 0.25) is 0 Å². The summed E-state index contributed by atoms with van der Waals surface area (Å²) in [7, 11) is 1.63. The molecule has 1 aromatic carbocycles. The zero-order valence-corrected chi connectivity index (χ0v) is 11.9. The van der Waals surface area contributed by atoms with Gasteiger partial charge in [-0.05, 0) is 38.1 Å². The van der Waals surface area contributed by atoms with Gasteiger partial charge < -0.3 is 15.8 Å². The first kappa shape index (κ1) is 13.9. The number of aromatic amines is 1. The molecule has 0 aliphatic carbocycles. The van der Waals surface area contributed by atoms with Gasteiger partial charge in [0.1, 0.15) is 5.75 Å². The number of rotatable bonds is 4. The molecule has 0 saturated heterocycles. The van der Waals surface area contributed by atoms with Crippen LogP contribution in [0.2, 0.25) is 0 Å². The van der Waals surface area contributed by atoms with Crippen LogP contribution in [0.1, 0.15) is 17.0 Å². The highest BCUT2D eigenvalue weighted by atomic mass is 16.5. The SMILES string of the molecule is COc1ccc(NC(N)=NCc2c(C)n[nH]c2C)cc1. The van der Waals surface area contributed by atoms with Gasteiger partial charge in [-0.1, -0.05) is 0 Å². The summed E-state index contributed by atoms with van der Waals surface area (Å²) in [6.45, 7) is 4.42. The Morgan fingerprint density at radius 2 is 2.05 bits per heavy atom. The Morgan fingerprint density at radius 3 is 2.60 bits per heavy atom. The molecule has 4 N–H and O–H groups in total. The molecule has 0 amide bonds. The highest BCUT2D eigenvalue weighted by Gasteiger charge is 2.05. The third kappa shape index (κ3) is 3.28. The predicted molar refractivity (Wildman–Crippen MR) is 80.0 cm³/mol. The van der Waals surface area contributed by atoms with E-state index in [1.165, 1.54) is 0 Å². The number of anilines is 1. The van der Waals surface area contributed by atoms with Crippen LogP contribution in [-0.4, -0.2) is 23.3 Å². The average molecular weight is 273 g/mol. The molecule has 0 aliphatic heterocycles. The number of aryl methyl sites for hydroxylation is 2. The third-order valence-corrected chi connectivity index (χ3v) is 3.05. The van der Waals surface area contributed by atoms with Crippen molar-refractivity contribution in [2.75, 3.05) is 12.4 Å². The molecular weight excluding hydrogens is 254 g/mol. The molecule has 0 saturated carbocycles. The smallest absolute Gasteiger partial charge is 0.193 e. The van der Waals surface area contributed by atoms with Gasteiger partial charge in [-0.3, -0.25) is 5.10 Å². The van der Waals surface area contributed by atoms with Crippen molar-refractivity contribution in [2.45, 2.75) is 20.4 Å². The lowest BCUT2D eigenvalue weighted by Gasteiger charge is -2.06. The van der Waals surface area contributed by atoms with Crippen molar-refractivity contribution in [3.05, 3.63) is 41.2 Å². The second-order valence-electron chi connectivity index (χ2n) is 4.47. The van der Waals surface area contributed by atoms with E-state index >= 15 is 0 Å². The Bertz CT molecular complexity index is 581. The van der Waals surface area contributed by atoms with Gasteiger partial charge in [-0.2, -0.15) is 5.10 Å². The Morgan fingerprint density at radius 1 is 1.35 bits per heavy atom. The maximum absolute atomic E-state index is 5.87. The molecule has 0 atom stereocenters. The summed E-state index contributed by atoms with van der Waals surface area (Å²) in [4.78, 5) is 4.32. The topological polar surface area (TPSA) is 88.3 Å². The number of nitrogens with zero attached hydrogens (tertiary/aromatic N) is 2. The van der Waals surface area contributed by atoms with Crippen molar-refractivity contribution in [3.8, 4) is 5.75 Å². The minimum atomic E-state index is 0.371. The van der Waals surface area contributed by atoms with E-state index in [0.29, 0.717) is 12.5 Å². The Balaban J connectivity index is 2.00. The van der Waals surface area contributed by atoms with Crippen molar-refractivity contribution in [1.82, 2.24) is 10.2 Å². The summed E-state index contributed by atoms with van der Waals surface area (Å²) in [5.41, 5.74) is 9.78. The van der Waals surface area contributed by atoms with E-state index in [9.17, 15) is 0 Å². The van der Waals surface area contributed by atoms with E-state index in [2.05, 4.69) is 20.5 Å². The molecule has 6 nitrogen and oxygen atoms in total. The molecule has 0 spiro atoms. The fourth-order valence-electron chi connectivity index (χ4n) is 1.83. The molecular formula is C14H19N5O. The van der Waals surface area contributed by atoms with Crippen LogP contribution in [0, 0.1) is 13.8 Å². The van der Waals surface area contributed by atoms with Gasteiger partial charge >= 0.3 is 0 Å². The minimum Gasteiger partial charge on any atom is -0.497 e. The standard InChI is InChI=1S/C14H19N5O/c1-9-13(10(2)19-18-9)8-16-14(15)17-11-4-6-12(20-3)7-5-11/h4-7H,8H2,1-3H3,(H,18,19)(H3,15,16,17). The van der Waals surface area contributed by atoms with E-state index in [4.69, 9.17) is 10.5 Å². The molecule has 2 rings (SSSR count). The van der Waals surface area contributed by atoms with Gasteiger partial charge in [0.25, 0.3) is 0 Å². The summed E-state index contributed by atoms with van der Waals surface area (Å²) in [5, 5.41) is 10.1. The van der Waals surface area contributed by atoms with E-state index in [-0.39, 0.29) is 0 Å². The molecule has 2 aromatic rings. The van der Waals surface area contributed by atoms with Crippen LogP contribution < -0.4 is 15.8 Å². The number of nitrogens with one attached hydrogen (secondary N) is 2. The van der Waals surface area contributed by atoms with Crippen LogP contribution >= 0.6 is 0 Å². The Kier molecular flexibility index (Phi) is 4.24. The van der Waals surface area contributed by atoms with Gasteiger partial charge in [0, 0.05) is 16.9 Å². The highest BCUT2D eigenvalue weighted by Crippen LogP contribution is 2.15. The van der Waals surface area contributed by atoms with Crippen LogP contribution in [0.5, 0.6) is 5.75 Å². The maximum atomic E-state index is 5.87. The van der Waals surface area contributed by atoms with Gasteiger partial charge in [-0.15, -0.1) is 0 Å². The van der Waals surface area contributed by atoms with Crippen LogP contribution in [-0.2, 0) is 6.54 Å². The highest BCUT2D eigenvalue weighted by molar-refractivity contribution is 5.92. The lowest BCUT2D eigenvalue weighted by atomic mass is 10.2. The largest absolute Gasteiger partial charge is 0.497 e. The predicted octanol–water partition coefficient (Wildman–Crippen LogP) is 1.96. The first-order chi connectivity index (χ1) is 9.60. The number of benzene rings is 1. The lowest BCUT2D eigenvalue weighted by Crippen LogP contribution is -2.22. The van der Waals surface area contributed by atoms with Gasteiger partial charge in [0.15, 0.2) is 5.96 Å². The molecule has 6 heteroatoms. The molecule has 0 radical (unpaired) electrons. The van der Waals surface area contributed by atoms with Crippen molar-refractivity contribution < 1.29 is 4.74 Å². The first-order valence-corrected chi connectivity index (χ1v) is 6.31. The summed E-state index contributed by atoms with van der Waals surface area (Å²) < 4.78 is 5.10. The number of aromatic nitrogens is 2. The number of ether oxygens (including phenoxy) is 1. The van der Waals surface area contributed by atoms with E-state index in [1.807, 2.05) is 38.1 Å². The number of hydrogen-bond acceptors (Lipinski definition) is 3. The lowest BCUT2D eigenvalue weighted by molar-refractivity contribution is 0.415. The first-order valence-electron chi connectivity index (χ1n) is 6.31.